The molecule has 0 aliphatic carbocycles. The van der Waals surface area contributed by atoms with Crippen LogP contribution >= 0.6 is 46.4 Å². The number of hydrogen-bond acceptors (Lipinski definition) is 7. The SMILES string of the molecule is O=C(ON1C(=O)c2c(Cl)c(Cl)c(Cl)c(Cl)c2C1=O)c1ccc(CN(C(=O)c2cccnc2Oc2cccc(C(F)(F)F)c2)c2ccc(F)cc2F)cc1. The van der Waals surface area contributed by atoms with Crippen LogP contribution in [-0.4, -0.2) is 33.7 Å². The second-order valence-electron chi connectivity index (χ2n) is 11.0. The number of ether oxygens (including phenoxy) is 1. The molecule has 4 aromatic carbocycles. The molecule has 18 heteroatoms. The number of amides is 3. The van der Waals surface area contributed by atoms with Gasteiger partial charge in [-0.1, -0.05) is 69.7 Å². The highest BCUT2D eigenvalue weighted by molar-refractivity contribution is 6.55. The number of aromatic nitrogens is 1. The van der Waals surface area contributed by atoms with Crippen LogP contribution < -0.4 is 9.64 Å². The van der Waals surface area contributed by atoms with E-state index in [2.05, 4.69) is 4.98 Å². The molecule has 53 heavy (non-hydrogen) atoms. The van der Waals surface area contributed by atoms with Crippen molar-refractivity contribution in [1.82, 2.24) is 10.0 Å². The predicted molar refractivity (Wildman–Crippen MR) is 181 cm³/mol. The minimum absolute atomic E-state index is 0.135. The van der Waals surface area contributed by atoms with Crippen molar-refractivity contribution in [2.45, 2.75) is 12.7 Å². The van der Waals surface area contributed by atoms with Gasteiger partial charge >= 0.3 is 12.1 Å². The van der Waals surface area contributed by atoms with Crippen LogP contribution in [0.5, 0.6) is 11.6 Å². The first-order valence-electron chi connectivity index (χ1n) is 14.7. The normalized spacial score (nSPS) is 12.5. The van der Waals surface area contributed by atoms with E-state index in [0.29, 0.717) is 12.1 Å². The number of benzene rings is 4. The number of anilines is 1. The second-order valence-corrected chi connectivity index (χ2v) is 12.5. The number of hydrogen-bond donors (Lipinski definition) is 0. The smallest absolute Gasteiger partial charge is 0.416 e. The molecule has 2 heterocycles. The lowest BCUT2D eigenvalue weighted by Gasteiger charge is -2.24. The van der Waals surface area contributed by atoms with Gasteiger partial charge in [0.15, 0.2) is 0 Å². The Hall–Kier alpha value is -5.28. The number of hydroxylamine groups is 2. The molecule has 6 rings (SSSR count). The average molecular weight is 811 g/mol. The monoisotopic (exact) mass is 809 g/mol. The van der Waals surface area contributed by atoms with Gasteiger partial charge in [0.05, 0.1) is 54.6 Å². The van der Waals surface area contributed by atoms with Gasteiger partial charge in [0.25, 0.3) is 17.7 Å². The van der Waals surface area contributed by atoms with Crippen LogP contribution in [0.1, 0.15) is 52.6 Å². The lowest BCUT2D eigenvalue weighted by atomic mass is 10.1. The molecule has 0 atom stereocenters. The molecule has 270 valence electrons. The van der Waals surface area contributed by atoms with Crippen molar-refractivity contribution in [3.05, 3.63) is 150 Å². The zero-order valence-electron chi connectivity index (χ0n) is 26.0. The van der Waals surface area contributed by atoms with Crippen LogP contribution in [0.3, 0.4) is 0 Å². The molecule has 0 saturated carbocycles. The third kappa shape index (κ3) is 7.35. The molecule has 0 N–H and O–H groups in total. The fourth-order valence-corrected chi connectivity index (χ4v) is 6.08. The molecule has 0 spiro atoms. The molecule has 1 aliphatic rings. The maximum absolute atomic E-state index is 15.2. The van der Waals surface area contributed by atoms with Crippen molar-refractivity contribution in [2.24, 2.45) is 0 Å². The second kappa shape index (κ2) is 14.6. The van der Waals surface area contributed by atoms with Crippen molar-refractivity contribution in [3.63, 3.8) is 0 Å². The Kier molecular flexibility index (Phi) is 10.3. The quantitative estimate of drug-likeness (QED) is 0.0665. The first-order chi connectivity index (χ1) is 25.1. The number of alkyl halides is 3. The summed E-state index contributed by atoms with van der Waals surface area (Å²) < 4.78 is 74.5. The molecule has 0 radical (unpaired) electrons. The van der Waals surface area contributed by atoms with Crippen LogP contribution in [0.4, 0.5) is 27.6 Å². The zero-order valence-corrected chi connectivity index (χ0v) is 29.0. The summed E-state index contributed by atoms with van der Waals surface area (Å²) in [7, 11) is 0. The summed E-state index contributed by atoms with van der Waals surface area (Å²) in [6, 6.07) is 13.9. The topological polar surface area (TPSA) is 106 Å². The van der Waals surface area contributed by atoms with Gasteiger partial charge in [-0.2, -0.15) is 13.2 Å². The van der Waals surface area contributed by atoms with E-state index in [4.69, 9.17) is 56.0 Å². The fourth-order valence-electron chi connectivity index (χ4n) is 5.07. The van der Waals surface area contributed by atoms with E-state index in [9.17, 15) is 36.7 Å². The average Bonchev–Trinajstić information content (AvgIpc) is 3.37. The first kappa shape index (κ1) is 37.5. The third-order valence-corrected chi connectivity index (χ3v) is 9.39. The molecule has 1 aliphatic heterocycles. The van der Waals surface area contributed by atoms with Gasteiger partial charge in [0.2, 0.25) is 5.88 Å². The Morgan fingerprint density at radius 3 is 2.04 bits per heavy atom. The van der Waals surface area contributed by atoms with Gasteiger partial charge in [0, 0.05) is 12.3 Å². The molecule has 0 unspecified atom stereocenters. The maximum atomic E-state index is 15.2. The Bertz CT molecular complexity index is 2300. The Morgan fingerprint density at radius 2 is 1.43 bits per heavy atom. The van der Waals surface area contributed by atoms with Crippen LogP contribution in [0.15, 0.2) is 85.1 Å². The number of rotatable bonds is 8. The summed E-state index contributed by atoms with van der Waals surface area (Å²) in [6.45, 7) is -0.411. The van der Waals surface area contributed by atoms with E-state index >= 15 is 4.39 Å². The molecular weight excluding hydrogens is 795 g/mol. The van der Waals surface area contributed by atoms with E-state index in [-0.39, 0.29) is 47.6 Å². The molecule has 1 aromatic heterocycles. The summed E-state index contributed by atoms with van der Waals surface area (Å²) in [6.07, 6.45) is -3.47. The van der Waals surface area contributed by atoms with E-state index in [1.807, 2.05) is 0 Å². The van der Waals surface area contributed by atoms with Crippen molar-refractivity contribution in [1.29, 1.82) is 0 Å². The summed E-state index contributed by atoms with van der Waals surface area (Å²) >= 11 is 24.2. The number of carbonyl (C=O) groups excluding carboxylic acids is 4. The van der Waals surface area contributed by atoms with Gasteiger partial charge in [-0.05, 0) is 60.2 Å². The van der Waals surface area contributed by atoms with Crippen LogP contribution in [0.2, 0.25) is 20.1 Å². The first-order valence-corrected chi connectivity index (χ1v) is 16.2. The van der Waals surface area contributed by atoms with Crippen molar-refractivity contribution < 1.29 is 50.7 Å². The number of nitrogens with zero attached hydrogens (tertiary/aromatic N) is 3. The van der Waals surface area contributed by atoms with Crippen molar-refractivity contribution >= 4 is 75.8 Å². The number of carbonyl (C=O) groups is 4. The lowest BCUT2D eigenvalue weighted by molar-refractivity contribution is -0.137. The minimum Gasteiger partial charge on any atom is -0.438 e. The van der Waals surface area contributed by atoms with E-state index < -0.39 is 76.3 Å². The largest absolute Gasteiger partial charge is 0.438 e. The highest BCUT2D eigenvalue weighted by Crippen LogP contribution is 2.45. The highest BCUT2D eigenvalue weighted by Gasteiger charge is 2.44. The maximum Gasteiger partial charge on any atom is 0.416 e. The Labute approximate surface area is 314 Å². The molecule has 0 bridgehead atoms. The zero-order chi connectivity index (χ0) is 38.4. The summed E-state index contributed by atoms with van der Waals surface area (Å²) in [5, 5.41) is -1.21. The predicted octanol–water partition coefficient (Wildman–Crippen LogP) is 10.00. The number of imide groups is 1. The fraction of sp³-hybridized carbons (Fsp3) is 0.0571. The highest BCUT2D eigenvalue weighted by atomic mass is 35.5. The van der Waals surface area contributed by atoms with Crippen LogP contribution in [-0.2, 0) is 17.6 Å². The van der Waals surface area contributed by atoms with Gasteiger partial charge in [-0.3, -0.25) is 14.4 Å². The molecule has 5 aromatic rings. The number of fused-ring (bicyclic) bond motifs is 1. The van der Waals surface area contributed by atoms with Crippen LogP contribution in [0.25, 0.3) is 0 Å². The van der Waals surface area contributed by atoms with E-state index in [0.717, 1.165) is 29.2 Å². The van der Waals surface area contributed by atoms with Crippen molar-refractivity contribution in [2.75, 3.05) is 4.90 Å². The summed E-state index contributed by atoms with van der Waals surface area (Å²) in [4.78, 5) is 62.9. The molecule has 3 amide bonds. The van der Waals surface area contributed by atoms with Gasteiger partial charge in [-0.15, -0.1) is 0 Å². The Morgan fingerprint density at radius 1 is 0.792 bits per heavy atom. The number of pyridine rings is 1. The van der Waals surface area contributed by atoms with Gasteiger partial charge in [-0.25, -0.2) is 18.6 Å². The molecule has 9 nitrogen and oxygen atoms in total. The van der Waals surface area contributed by atoms with Crippen molar-refractivity contribution in [3.8, 4) is 11.6 Å². The van der Waals surface area contributed by atoms with E-state index in [1.54, 1.807) is 0 Å². The number of halogens is 9. The van der Waals surface area contributed by atoms with E-state index in [1.165, 1.54) is 48.7 Å². The molecule has 0 fully saturated rings. The van der Waals surface area contributed by atoms with Gasteiger partial charge in [0.1, 0.15) is 22.9 Å². The van der Waals surface area contributed by atoms with Crippen LogP contribution in [0, 0.1) is 11.6 Å². The third-order valence-electron chi connectivity index (χ3n) is 7.59. The standard InChI is InChI=1S/C35H16Cl4F5N3O6/c36-26-24-25(27(37)29(39)28(26)38)33(50)47(32(24)49)53-34(51)17-8-6-16(7-9-17)15-46(23-11-10-19(40)14-22(23)41)31(48)21-5-2-12-45-30(21)52-20-4-1-3-18(13-20)35(42,43)44/h1-14H,15H2. The minimum atomic E-state index is -4.69. The summed E-state index contributed by atoms with van der Waals surface area (Å²) in [5.41, 5.74) is -2.47. The van der Waals surface area contributed by atoms with Gasteiger partial charge < -0.3 is 14.5 Å². The summed E-state index contributed by atoms with van der Waals surface area (Å²) in [5.74, 6) is -7.18. The lowest BCUT2D eigenvalue weighted by Crippen LogP contribution is -2.33. The Balaban J connectivity index is 1.26. The molecular formula is C35H16Cl4F5N3O6. The molecule has 0 saturated heterocycles.